The second-order valence-corrected chi connectivity index (χ2v) is 1.23. The third-order valence-corrected chi connectivity index (χ3v) is 0.483. The Morgan fingerprint density at radius 3 is 1.67 bits per heavy atom. The van der Waals surface area contributed by atoms with Crippen molar-refractivity contribution in [2.45, 2.75) is 0 Å². The molecule has 0 aliphatic heterocycles. The van der Waals surface area contributed by atoms with Crippen molar-refractivity contribution in [3.8, 4) is 0 Å². The molecule has 1 rings (SSSR count). The summed E-state index contributed by atoms with van der Waals surface area (Å²) < 4.78 is 0. The van der Waals surface area contributed by atoms with E-state index in [2.05, 4.69) is 22.8 Å². The van der Waals surface area contributed by atoms with Crippen LogP contribution in [0.2, 0.25) is 0 Å². The third kappa shape index (κ3) is 7.10. The Labute approximate surface area is 58.5 Å². The topological polar surface area (TPSA) is 42.9 Å². The molecule has 1 aromatic rings. The Morgan fingerprint density at radius 1 is 1.22 bits per heavy atom. The fourth-order valence-electron chi connectivity index (χ4n) is 0.253. The molecular weight excluding hydrogens is 136 g/mol. The molecule has 4 heteroatoms. The summed E-state index contributed by atoms with van der Waals surface area (Å²) >= 11 is 3.11. The van der Waals surface area contributed by atoms with Crippen molar-refractivity contribution in [3.05, 3.63) is 24.5 Å². The quantitative estimate of drug-likeness (QED) is 0.425. The van der Waals surface area contributed by atoms with Crippen LogP contribution in [0.15, 0.2) is 24.5 Å². The van der Waals surface area contributed by atoms with Gasteiger partial charge in [-0.1, -0.05) is 0 Å². The molecule has 0 N–H and O–H groups in total. The van der Waals surface area contributed by atoms with Gasteiger partial charge in [0.2, 0.25) is 0 Å². The minimum Gasteiger partial charge on any atom is -0.291 e. The first kappa shape index (κ1) is 8.10. The van der Waals surface area contributed by atoms with E-state index >= 15 is 0 Å². The van der Waals surface area contributed by atoms with Crippen molar-refractivity contribution >= 4 is 18.2 Å². The Bertz CT molecular complexity index is 118. The van der Waals surface area contributed by atoms with Crippen LogP contribution in [0.25, 0.3) is 0 Å². The fourth-order valence-corrected chi connectivity index (χ4v) is 0.253. The molecule has 0 bridgehead atoms. The van der Waals surface area contributed by atoms with Gasteiger partial charge in [0.15, 0.2) is 5.62 Å². The number of rotatable bonds is 0. The zero-order valence-electron chi connectivity index (χ0n) is 4.64. The molecule has 48 valence electrons. The largest absolute Gasteiger partial charge is 0.291 e. The Hall–Kier alpha value is -0.900. The van der Waals surface area contributed by atoms with Crippen molar-refractivity contribution in [1.29, 1.82) is 0 Å². The Kier molecular flexibility index (Phi) is 6.39. The highest BCUT2D eigenvalue weighted by molar-refractivity contribution is 7.94. The first-order chi connectivity index (χ1) is 4.41. The average molecular weight is 142 g/mol. The van der Waals surface area contributed by atoms with Gasteiger partial charge in [-0.25, -0.2) is 0 Å². The molecule has 3 nitrogen and oxygen atoms in total. The van der Waals surface area contributed by atoms with Gasteiger partial charge < -0.3 is 0 Å². The zero-order valence-corrected chi connectivity index (χ0v) is 5.53. The number of carbonyl (C=O) groups excluding carboxylic acids is 1. The second kappa shape index (κ2) is 7.10. The molecule has 0 aromatic carbocycles. The van der Waals surface area contributed by atoms with Crippen LogP contribution in [-0.4, -0.2) is 15.8 Å². The van der Waals surface area contributed by atoms with Gasteiger partial charge in [0, 0.05) is 12.4 Å². The summed E-state index contributed by atoms with van der Waals surface area (Å²) in [7, 11) is 0. The molecule has 9 heavy (non-hydrogen) atoms. The van der Waals surface area contributed by atoms with E-state index in [1.165, 1.54) is 0 Å². The van der Waals surface area contributed by atoms with Crippen molar-refractivity contribution in [2.24, 2.45) is 0 Å². The molecule has 0 aliphatic rings. The lowest BCUT2D eigenvalue weighted by Gasteiger charge is -1.69. The van der Waals surface area contributed by atoms with Gasteiger partial charge in [0.1, 0.15) is 0 Å². The number of aromatic nitrogens is 2. The molecule has 0 atom stereocenters. The maximum Gasteiger partial charge on any atom is 0.173 e. The van der Waals surface area contributed by atoms with Gasteiger partial charge in [-0.15, -0.1) is 12.6 Å². The summed E-state index contributed by atoms with van der Waals surface area (Å²) in [5, 5.41) is 7.07. The van der Waals surface area contributed by atoms with Gasteiger partial charge in [0.05, 0.1) is 0 Å². The normalized spacial score (nSPS) is 6.78. The van der Waals surface area contributed by atoms with Crippen LogP contribution >= 0.6 is 12.6 Å². The molecule has 0 aliphatic carbocycles. The first-order valence-corrected chi connectivity index (χ1v) is 2.73. The number of nitrogens with zero attached hydrogens (tertiary/aromatic N) is 2. The van der Waals surface area contributed by atoms with Crippen molar-refractivity contribution in [3.63, 3.8) is 0 Å². The van der Waals surface area contributed by atoms with Crippen molar-refractivity contribution < 1.29 is 4.79 Å². The predicted molar refractivity (Wildman–Crippen MR) is 37.8 cm³/mol. The molecule has 0 saturated heterocycles. The Balaban J connectivity index is 0.000000187. The average Bonchev–Trinajstić information content (AvgIpc) is 1.93. The SMILES string of the molecule is O=CS.c1ccnnc1. The summed E-state index contributed by atoms with van der Waals surface area (Å²) in [6.07, 6.45) is 3.28. The first-order valence-electron chi connectivity index (χ1n) is 2.21. The fraction of sp³-hybridized carbons (Fsp3) is 0. The molecular formula is C5H6N2OS. The Morgan fingerprint density at radius 2 is 1.56 bits per heavy atom. The van der Waals surface area contributed by atoms with E-state index < -0.39 is 0 Å². The van der Waals surface area contributed by atoms with Gasteiger partial charge in [-0.05, 0) is 12.1 Å². The summed E-state index contributed by atoms with van der Waals surface area (Å²) in [6.45, 7) is 0. The highest BCUT2D eigenvalue weighted by atomic mass is 32.1. The molecule has 1 heterocycles. The smallest absolute Gasteiger partial charge is 0.173 e. The van der Waals surface area contributed by atoms with Crippen LogP contribution in [0, 0.1) is 0 Å². The zero-order chi connectivity index (χ0) is 6.95. The maximum atomic E-state index is 8.67. The lowest BCUT2D eigenvalue weighted by atomic mass is 10.6. The molecule has 0 saturated carbocycles. The predicted octanol–water partition coefficient (Wildman–Crippen LogP) is 0.583. The van der Waals surface area contributed by atoms with Gasteiger partial charge in [-0.3, -0.25) is 4.79 Å². The molecule has 0 fully saturated rings. The number of hydrogen-bond donors (Lipinski definition) is 1. The standard InChI is InChI=1S/C4H4N2.CH2OS/c1-2-4-6-5-3-1;2-1-3/h1-4H;1H,(H,2,3). The van der Waals surface area contributed by atoms with E-state index in [4.69, 9.17) is 4.79 Å². The number of carbonyl (C=O) groups is 1. The van der Waals surface area contributed by atoms with Gasteiger partial charge >= 0.3 is 0 Å². The molecule has 0 spiro atoms. The third-order valence-electron chi connectivity index (χ3n) is 0.483. The molecule has 0 amide bonds. The van der Waals surface area contributed by atoms with Crippen LogP contribution in [0.4, 0.5) is 0 Å². The second-order valence-electron chi connectivity index (χ2n) is 1.02. The highest BCUT2D eigenvalue weighted by Gasteiger charge is 1.59. The molecule has 0 unspecified atom stereocenters. The minimum atomic E-state index is 0.444. The van der Waals surface area contributed by atoms with Crippen LogP contribution in [-0.2, 0) is 4.79 Å². The summed E-state index contributed by atoms with van der Waals surface area (Å²) in [5.41, 5.74) is 0.444. The lowest BCUT2D eigenvalue weighted by molar-refractivity contribution is 0.570. The maximum absolute atomic E-state index is 8.67. The van der Waals surface area contributed by atoms with E-state index in [1.807, 2.05) is 12.1 Å². The van der Waals surface area contributed by atoms with E-state index in [0.717, 1.165) is 0 Å². The summed E-state index contributed by atoms with van der Waals surface area (Å²) in [5.74, 6) is 0. The number of thiol groups is 1. The highest BCUT2D eigenvalue weighted by Crippen LogP contribution is 1.68. The number of hydrogen-bond acceptors (Lipinski definition) is 3. The minimum absolute atomic E-state index is 0.444. The van der Waals surface area contributed by atoms with Crippen LogP contribution in [0.1, 0.15) is 0 Å². The van der Waals surface area contributed by atoms with E-state index in [1.54, 1.807) is 12.4 Å². The van der Waals surface area contributed by atoms with Crippen molar-refractivity contribution in [2.75, 3.05) is 0 Å². The van der Waals surface area contributed by atoms with Gasteiger partial charge in [-0.2, -0.15) is 10.2 Å². The van der Waals surface area contributed by atoms with E-state index in [-0.39, 0.29) is 0 Å². The lowest BCUT2D eigenvalue weighted by Crippen LogP contribution is -1.69. The van der Waals surface area contributed by atoms with Crippen LogP contribution in [0.5, 0.6) is 0 Å². The van der Waals surface area contributed by atoms with E-state index in [0.29, 0.717) is 5.62 Å². The van der Waals surface area contributed by atoms with E-state index in [9.17, 15) is 0 Å². The summed E-state index contributed by atoms with van der Waals surface area (Å²) in [6, 6.07) is 3.65. The van der Waals surface area contributed by atoms with Crippen LogP contribution < -0.4 is 0 Å². The molecule has 1 aromatic heterocycles. The monoisotopic (exact) mass is 142 g/mol. The summed E-state index contributed by atoms with van der Waals surface area (Å²) in [4.78, 5) is 8.67. The van der Waals surface area contributed by atoms with Crippen molar-refractivity contribution in [1.82, 2.24) is 10.2 Å². The van der Waals surface area contributed by atoms with Crippen LogP contribution in [0.3, 0.4) is 0 Å². The molecule has 0 radical (unpaired) electrons. The van der Waals surface area contributed by atoms with Gasteiger partial charge in [0.25, 0.3) is 0 Å².